The summed E-state index contributed by atoms with van der Waals surface area (Å²) < 4.78 is 1.14. The van der Waals surface area contributed by atoms with Crippen LogP contribution in [0.25, 0.3) is 10.2 Å². The van der Waals surface area contributed by atoms with Crippen LogP contribution in [0.15, 0.2) is 54.6 Å². The summed E-state index contributed by atoms with van der Waals surface area (Å²) in [4.78, 5) is 4.59. The van der Waals surface area contributed by atoms with Crippen molar-refractivity contribution >= 4 is 21.6 Å². The SMILES string of the molecule is [CH2]C(N)(c1ccccc1)c1nc2ccccc2s1. The van der Waals surface area contributed by atoms with Gasteiger partial charge in [0.15, 0.2) is 0 Å². The first-order valence-electron chi connectivity index (χ1n) is 5.74. The van der Waals surface area contributed by atoms with Crippen LogP contribution in [0.5, 0.6) is 0 Å². The van der Waals surface area contributed by atoms with Crippen LogP contribution in [0, 0.1) is 6.92 Å². The van der Waals surface area contributed by atoms with E-state index in [0.29, 0.717) is 0 Å². The maximum atomic E-state index is 6.36. The zero-order valence-electron chi connectivity index (χ0n) is 9.84. The maximum Gasteiger partial charge on any atom is 0.118 e. The lowest BCUT2D eigenvalue weighted by Crippen LogP contribution is -2.34. The molecule has 0 amide bonds. The molecule has 18 heavy (non-hydrogen) atoms. The van der Waals surface area contributed by atoms with E-state index in [1.54, 1.807) is 11.3 Å². The number of nitrogens with zero attached hydrogens (tertiary/aromatic N) is 1. The molecule has 1 radical (unpaired) electrons. The molecule has 0 saturated carbocycles. The molecule has 1 aromatic heterocycles. The number of fused-ring (bicyclic) bond motifs is 1. The molecular weight excluding hydrogens is 240 g/mol. The number of para-hydroxylation sites is 1. The fourth-order valence-corrected chi connectivity index (χ4v) is 2.94. The summed E-state index contributed by atoms with van der Waals surface area (Å²) in [6, 6.07) is 17.9. The van der Waals surface area contributed by atoms with Crippen molar-refractivity contribution in [2.24, 2.45) is 5.73 Å². The van der Waals surface area contributed by atoms with Crippen molar-refractivity contribution in [1.82, 2.24) is 4.98 Å². The van der Waals surface area contributed by atoms with Gasteiger partial charge in [-0.2, -0.15) is 0 Å². The van der Waals surface area contributed by atoms with Gasteiger partial charge in [-0.1, -0.05) is 42.5 Å². The highest BCUT2D eigenvalue weighted by atomic mass is 32.1. The molecule has 0 spiro atoms. The Morgan fingerprint density at radius 1 is 1.00 bits per heavy atom. The predicted octanol–water partition coefficient (Wildman–Crippen LogP) is 3.33. The van der Waals surface area contributed by atoms with Crippen molar-refractivity contribution in [3.8, 4) is 0 Å². The number of rotatable bonds is 2. The maximum absolute atomic E-state index is 6.36. The summed E-state index contributed by atoms with van der Waals surface area (Å²) in [5.41, 5.74) is 7.53. The van der Waals surface area contributed by atoms with Crippen LogP contribution in [0.4, 0.5) is 0 Å². The van der Waals surface area contributed by atoms with Gasteiger partial charge >= 0.3 is 0 Å². The highest BCUT2D eigenvalue weighted by molar-refractivity contribution is 7.18. The molecule has 3 aromatic rings. The predicted molar refractivity (Wildman–Crippen MR) is 76.4 cm³/mol. The number of hydrogen-bond donors (Lipinski definition) is 1. The molecule has 1 heterocycles. The van der Waals surface area contributed by atoms with Crippen LogP contribution in [0.2, 0.25) is 0 Å². The van der Waals surface area contributed by atoms with E-state index >= 15 is 0 Å². The Bertz CT molecular complexity index is 638. The third-order valence-corrected chi connectivity index (χ3v) is 4.18. The second-order valence-corrected chi connectivity index (χ2v) is 5.35. The van der Waals surface area contributed by atoms with E-state index < -0.39 is 5.54 Å². The second kappa shape index (κ2) is 4.19. The molecule has 0 saturated heterocycles. The first-order valence-corrected chi connectivity index (χ1v) is 6.55. The van der Waals surface area contributed by atoms with Gasteiger partial charge in [0.25, 0.3) is 0 Å². The molecule has 2 N–H and O–H groups in total. The Hall–Kier alpha value is -1.71. The molecule has 2 aromatic carbocycles. The van der Waals surface area contributed by atoms with Crippen LogP contribution in [0.1, 0.15) is 10.6 Å². The van der Waals surface area contributed by atoms with Gasteiger partial charge in [-0.3, -0.25) is 0 Å². The largest absolute Gasteiger partial charge is 0.316 e. The zero-order chi connectivity index (χ0) is 12.6. The third kappa shape index (κ3) is 1.82. The molecule has 2 nitrogen and oxygen atoms in total. The van der Waals surface area contributed by atoms with E-state index in [2.05, 4.69) is 18.0 Å². The Kier molecular flexibility index (Phi) is 2.65. The van der Waals surface area contributed by atoms with Crippen LogP contribution < -0.4 is 5.73 Å². The number of nitrogens with two attached hydrogens (primary N) is 1. The Labute approximate surface area is 110 Å². The van der Waals surface area contributed by atoms with Gasteiger partial charge < -0.3 is 5.73 Å². The molecule has 3 heteroatoms. The van der Waals surface area contributed by atoms with E-state index in [-0.39, 0.29) is 0 Å². The topological polar surface area (TPSA) is 38.9 Å². The summed E-state index contributed by atoms with van der Waals surface area (Å²) in [7, 11) is 0. The zero-order valence-corrected chi connectivity index (χ0v) is 10.7. The monoisotopic (exact) mass is 253 g/mol. The number of hydrogen-bond acceptors (Lipinski definition) is 3. The second-order valence-electron chi connectivity index (χ2n) is 4.32. The summed E-state index contributed by atoms with van der Waals surface area (Å²) in [6.07, 6.45) is 0. The van der Waals surface area contributed by atoms with Crippen molar-refractivity contribution in [3.05, 3.63) is 72.1 Å². The molecule has 0 aliphatic carbocycles. The van der Waals surface area contributed by atoms with Gasteiger partial charge in [0, 0.05) is 0 Å². The van der Waals surface area contributed by atoms with Crippen molar-refractivity contribution in [3.63, 3.8) is 0 Å². The average molecular weight is 253 g/mol. The van der Waals surface area contributed by atoms with Gasteiger partial charge in [-0.25, -0.2) is 4.98 Å². The first-order chi connectivity index (χ1) is 8.68. The Morgan fingerprint density at radius 2 is 1.67 bits per heavy atom. The molecule has 1 unspecified atom stereocenters. The normalized spacial score (nSPS) is 14.6. The molecule has 0 fully saturated rings. The Balaban J connectivity index is 2.13. The van der Waals surface area contributed by atoms with E-state index in [9.17, 15) is 0 Å². The van der Waals surface area contributed by atoms with Gasteiger partial charge in [0.2, 0.25) is 0 Å². The molecule has 89 valence electrons. The summed E-state index contributed by atoms with van der Waals surface area (Å²) in [6.45, 7) is 4.13. The van der Waals surface area contributed by atoms with Crippen molar-refractivity contribution < 1.29 is 0 Å². The molecule has 0 bridgehead atoms. The summed E-state index contributed by atoms with van der Waals surface area (Å²) in [5, 5.41) is 0.843. The van der Waals surface area contributed by atoms with Crippen molar-refractivity contribution in [2.75, 3.05) is 0 Å². The summed E-state index contributed by atoms with van der Waals surface area (Å²) >= 11 is 1.60. The fraction of sp³-hybridized carbons (Fsp3) is 0.0667. The standard InChI is InChI=1S/C15H13N2S/c1-15(16,11-7-3-2-4-8-11)14-17-12-9-5-6-10-13(12)18-14/h2-10H,1,16H2. The summed E-state index contributed by atoms with van der Waals surface area (Å²) in [5.74, 6) is 0. The lowest BCUT2D eigenvalue weighted by Gasteiger charge is -2.22. The average Bonchev–Trinajstić information content (AvgIpc) is 2.84. The van der Waals surface area contributed by atoms with Crippen LogP contribution in [-0.4, -0.2) is 4.98 Å². The fourth-order valence-electron chi connectivity index (χ4n) is 1.92. The smallest absolute Gasteiger partial charge is 0.118 e. The van der Waals surface area contributed by atoms with E-state index in [1.807, 2.05) is 48.5 Å². The van der Waals surface area contributed by atoms with Gasteiger partial charge in [-0.05, 0) is 24.6 Å². The number of benzene rings is 2. The highest BCUT2D eigenvalue weighted by Crippen LogP contribution is 2.32. The van der Waals surface area contributed by atoms with Crippen LogP contribution in [0.3, 0.4) is 0 Å². The minimum absolute atomic E-state index is 0.787. The number of thiazole rings is 1. The first kappa shape index (κ1) is 11.4. The van der Waals surface area contributed by atoms with E-state index in [0.717, 1.165) is 20.8 Å². The lowest BCUT2D eigenvalue weighted by atomic mass is 9.94. The van der Waals surface area contributed by atoms with Crippen LogP contribution in [-0.2, 0) is 5.54 Å². The van der Waals surface area contributed by atoms with Crippen LogP contribution >= 0.6 is 11.3 Å². The van der Waals surface area contributed by atoms with Gasteiger partial charge in [-0.15, -0.1) is 11.3 Å². The van der Waals surface area contributed by atoms with E-state index in [1.165, 1.54) is 0 Å². The molecule has 3 rings (SSSR count). The van der Waals surface area contributed by atoms with Crippen molar-refractivity contribution in [2.45, 2.75) is 5.54 Å². The van der Waals surface area contributed by atoms with E-state index in [4.69, 9.17) is 5.73 Å². The highest BCUT2D eigenvalue weighted by Gasteiger charge is 2.27. The molecule has 1 atom stereocenters. The molecule has 0 aliphatic rings. The minimum atomic E-state index is -0.787. The molecular formula is C15H13N2S. The third-order valence-electron chi connectivity index (χ3n) is 2.96. The lowest BCUT2D eigenvalue weighted by molar-refractivity contribution is 0.672. The molecule has 0 aliphatic heterocycles. The number of aromatic nitrogens is 1. The minimum Gasteiger partial charge on any atom is -0.316 e. The quantitative estimate of drug-likeness (QED) is 0.760. The van der Waals surface area contributed by atoms with Gasteiger partial charge in [0.1, 0.15) is 5.01 Å². The van der Waals surface area contributed by atoms with Gasteiger partial charge in [0.05, 0.1) is 15.8 Å². The van der Waals surface area contributed by atoms with Crippen molar-refractivity contribution in [1.29, 1.82) is 0 Å². The Morgan fingerprint density at radius 3 is 2.39 bits per heavy atom.